The number of amides is 1. The second-order valence-electron chi connectivity index (χ2n) is 6.06. The minimum atomic E-state index is -0.107. The Bertz CT molecular complexity index is 872. The Morgan fingerprint density at radius 3 is 2.69 bits per heavy atom. The zero-order valence-electron chi connectivity index (χ0n) is 15.1. The molecule has 5 heteroatoms. The van der Waals surface area contributed by atoms with Gasteiger partial charge in [0.1, 0.15) is 11.4 Å². The highest BCUT2D eigenvalue weighted by atomic mass is 16.5. The van der Waals surface area contributed by atoms with E-state index in [4.69, 9.17) is 4.74 Å². The quantitative estimate of drug-likeness (QED) is 0.707. The Morgan fingerprint density at radius 1 is 1.15 bits per heavy atom. The van der Waals surface area contributed by atoms with E-state index < -0.39 is 0 Å². The zero-order chi connectivity index (χ0) is 18.4. The first-order chi connectivity index (χ1) is 12.7. The number of nitrogens with one attached hydrogen (secondary N) is 1. The van der Waals surface area contributed by atoms with Crippen molar-refractivity contribution < 1.29 is 9.53 Å². The number of methoxy groups -OCH3 is 1. The largest absolute Gasteiger partial charge is 0.497 e. The van der Waals surface area contributed by atoms with Crippen molar-refractivity contribution in [3.63, 3.8) is 0 Å². The number of rotatable bonds is 7. The first-order valence-electron chi connectivity index (χ1n) is 8.75. The lowest BCUT2D eigenvalue weighted by Gasteiger charge is -2.05. The number of benzene rings is 2. The van der Waals surface area contributed by atoms with E-state index in [1.807, 2.05) is 72.4 Å². The molecule has 0 fully saturated rings. The van der Waals surface area contributed by atoms with Gasteiger partial charge in [-0.15, -0.1) is 0 Å². The molecule has 0 aliphatic carbocycles. The van der Waals surface area contributed by atoms with Crippen LogP contribution in [0.5, 0.6) is 5.75 Å². The first-order valence-corrected chi connectivity index (χ1v) is 8.75. The molecular formula is C21H23N3O2. The number of aromatic nitrogens is 2. The van der Waals surface area contributed by atoms with Gasteiger partial charge in [-0.1, -0.05) is 49.4 Å². The van der Waals surface area contributed by atoms with Crippen molar-refractivity contribution >= 4 is 5.91 Å². The monoisotopic (exact) mass is 349 g/mol. The highest BCUT2D eigenvalue weighted by molar-refractivity contribution is 5.99. The lowest BCUT2D eigenvalue weighted by atomic mass is 10.1. The number of hydrogen-bond acceptors (Lipinski definition) is 3. The standard InChI is InChI=1S/C21H23N3O2/c1-3-12-22-21(25)19-15-24(14-16-8-5-4-6-9-16)23-20(19)17-10-7-11-18(13-17)26-2/h4-11,13,15H,3,12,14H2,1-2H3,(H,22,25). The summed E-state index contributed by atoms with van der Waals surface area (Å²) in [5.74, 6) is 0.629. The molecule has 1 heterocycles. The van der Waals surface area contributed by atoms with E-state index in [-0.39, 0.29) is 5.91 Å². The van der Waals surface area contributed by atoms with Gasteiger partial charge in [0.05, 0.1) is 19.2 Å². The SMILES string of the molecule is CCCNC(=O)c1cn(Cc2ccccc2)nc1-c1cccc(OC)c1. The fourth-order valence-corrected chi connectivity index (χ4v) is 2.76. The summed E-state index contributed by atoms with van der Waals surface area (Å²) < 4.78 is 7.12. The summed E-state index contributed by atoms with van der Waals surface area (Å²) in [4.78, 5) is 12.6. The molecule has 0 atom stereocenters. The van der Waals surface area contributed by atoms with Crippen molar-refractivity contribution in [2.75, 3.05) is 13.7 Å². The second kappa shape index (κ2) is 8.34. The minimum absolute atomic E-state index is 0.107. The number of hydrogen-bond donors (Lipinski definition) is 1. The molecule has 3 aromatic rings. The van der Waals surface area contributed by atoms with Crippen molar-refractivity contribution in [3.8, 4) is 17.0 Å². The van der Waals surface area contributed by atoms with Gasteiger partial charge < -0.3 is 10.1 Å². The molecule has 5 nitrogen and oxygen atoms in total. The summed E-state index contributed by atoms with van der Waals surface area (Å²) in [5, 5.41) is 7.62. The molecular weight excluding hydrogens is 326 g/mol. The summed E-state index contributed by atoms with van der Waals surface area (Å²) in [6, 6.07) is 17.7. The molecule has 0 saturated heterocycles. The maximum atomic E-state index is 12.6. The molecule has 26 heavy (non-hydrogen) atoms. The Labute approximate surface area is 153 Å². The fourth-order valence-electron chi connectivity index (χ4n) is 2.76. The molecule has 2 aromatic carbocycles. The van der Waals surface area contributed by atoms with Crippen LogP contribution in [-0.4, -0.2) is 29.3 Å². The van der Waals surface area contributed by atoms with E-state index in [9.17, 15) is 4.79 Å². The number of carbonyl (C=O) groups is 1. The molecule has 0 spiro atoms. The van der Waals surface area contributed by atoms with Gasteiger partial charge >= 0.3 is 0 Å². The lowest BCUT2D eigenvalue weighted by molar-refractivity contribution is 0.0954. The van der Waals surface area contributed by atoms with Crippen LogP contribution in [0.2, 0.25) is 0 Å². The van der Waals surface area contributed by atoms with Gasteiger partial charge in [-0.05, 0) is 24.1 Å². The van der Waals surface area contributed by atoms with E-state index in [1.54, 1.807) is 7.11 Å². The highest BCUT2D eigenvalue weighted by Crippen LogP contribution is 2.26. The van der Waals surface area contributed by atoms with Crippen LogP contribution in [-0.2, 0) is 6.54 Å². The highest BCUT2D eigenvalue weighted by Gasteiger charge is 2.18. The maximum absolute atomic E-state index is 12.6. The number of nitrogens with zero attached hydrogens (tertiary/aromatic N) is 2. The van der Waals surface area contributed by atoms with Crippen LogP contribution in [0.4, 0.5) is 0 Å². The zero-order valence-corrected chi connectivity index (χ0v) is 15.1. The fraction of sp³-hybridized carbons (Fsp3) is 0.238. The average molecular weight is 349 g/mol. The van der Waals surface area contributed by atoms with Gasteiger partial charge in [0.25, 0.3) is 5.91 Å². The Morgan fingerprint density at radius 2 is 1.96 bits per heavy atom. The van der Waals surface area contributed by atoms with Crippen LogP contribution in [0.25, 0.3) is 11.3 Å². The van der Waals surface area contributed by atoms with Crippen LogP contribution in [0, 0.1) is 0 Å². The van der Waals surface area contributed by atoms with Gasteiger partial charge in [-0.3, -0.25) is 9.48 Å². The van der Waals surface area contributed by atoms with Crippen molar-refractivity contribution in [3.05, 3.63) is 71.9 Å². The molecule has 1 N–H and O–H groups in total. The van der Waals surface area contributed by atoms with Gasteiger partial charge in [0.15, 0.2) is 0 Å². The summed E-state index contributed by atoms with van der Waals surface area (Å²) >= 11 is 0. The molecule has 1 aromatic heterocycles. The van der Waals surface area contributed by atoms with Gasteiger partial charge in [0, 0.05) is 18.3 Å². The van der Waals surface area contributed by atoms with Crippen LogP contribution >= 0.6 is 0 Å². The van der Waals surface area contributed by atoms with Crippen molar-refractivity contribution in [2.24, 2.45) is 0 Å². The topological polar surface area (TPSA) is 56.2 Å². The van der Waals surface area contributed by atoms with Gasteiger partial charge in [-0.25, -0.2) is 0 Å². The van der Waals surface area contributed by atoms with E-state index in [0.717, 1.165) is 23.3 Å². The Kier molecular flexibility index (Phi) is 5.69. The van der Waals surface area contributed by atoms with E-state index >= 15 is 0 Å². The van der Waals surface area contributed by atoms with E-state index in [0.29, 0.717) is 24.3 Å². The smallest absolute Gasteiger partial charge is 0.255 e. The molecule has 0 radical (unpaired) electrons. The maximum Gasteiger partial charge on any atom is 0.255 e. The van der Waals surface area contributed by atoms with Gasteiger partial charge in [0.2, 0.25) is 0 Å². The van der Waals surface area contributed by atoms with Crippen molar-refractivity contribution in [1.29, 1.82) is 0 Å². The molecule has 3 rings (SSSR count). The Hall–Kier alpha value is -3.08. The summed E-state index contributed by atoms with van der Waals surface area (Å²) in [6.07, 6.45) is 2.70. The summed E-state index contributed by atoms with van der Waals surface area (Å²) in [6.45, 7) is 3.28. The molecule has 0 aliphatic rings. The van der Waals surface area contributed by atoms with Crippen LogP contribution < -0.4 is 10.1 Å². The third-order valence-corrected chi connectivity index (χ3v) is 4.07. The van der Waals surface area contributed by atoms with Crippen LogP contribution in [0.1, 0.15) is 29.3 Å². The van der Waals surface area contributed by atoms with Crippen LogP contribution in [0.15, 0.2) is 60.8 Å². The normalized spacial score (nSPS) is 10.5. The third kappa shape index (κ3) is 4.11. The van der Waals surface area contributed by atoms with Crippen LogP contribution in [0.3, 0.4) is 0 Å². The molecule has 1 amide bonds. The number of carbonyl (C=O) groups excluding carboxylic acids is 1. The van der Waals surface area contributed by atoms with E-state index in [2.05, 4.69) is 10.4 Å². The predicted octanol–water partition coefficient (Wildman–Crippen LogP) is 3.75. The van der Waals surface area contributed by atoms with Gasteiger partial charge in [-0.2, -0.15) is 5.10 Å². The average Bonchev–Trinajstić information content (AvgIpc) is 3.11. The minimum Gasteiger partial charge on any atom is -0.497 e. The molecule has 0 bridgehead atoms. The summed E-state index contributed by atoms with van der Waals surface area (Å²) in [7, 11) is 1.63. The Balaban J connectivity index is 1.98. The third-order valence-electron chi connectivity index (χ3n) is 4.07. The van der Waals surface area contributed by atoms with Crippen molar-refractivity contribution in [2.45, 2.75) is 19.9 Å². The van der Waals surface area contributed by atoms with E-state index in [1.165, 1.54) is 0 Å². The molecule has 0 saturated carbocycles. The first kappa shape index (κ1) is 17.7. The molecule has 134 valence electrons. The predicted molar refractivity (Wildman–Crippen MR) is 102 cm³/mol. The number of ether oxygens (including phenoxy) is 1. The van der Waals surface area contributed by atoms with Crippen molar-refractivity contribution in [1.82, 2.24) is 15.1 Å². The second-order valence-corrected chi connectivity index (χ2v) is 6.06. The lowest BCUT2D eigenvalue weighted by Crippen LogP contribution is -2.24. The molecule has 0 unspecified atom stereocenters. The molecule has 0 aliphatic heterocycles. The summed E-state index contributed by atoms with van der Waals surface area (Å²) in [5.41, 5.74) is 3.22.